The molecule has 8 heteroatoms. The predicted octanol–water partition coefficient (Wildman–Crippen LogP) is 2.42. The minimum Gasteiger partial charge on any atom is -0.454 e. The van der Waals surface area contributed by atoms with Crippen molar-refractivity contribution in [3.05, 3.63) is 52.3 Å². The maximum Gasteiger partial charge on any atom is 0.251 e. The van der Waals surface area contributed by atoms with Gasteiger partial charge in [-0.05, 0) is 74.7 Å². The highest BCUT2D eigenvalue weighted by molar-refractivity contribution is 5.95. The van der Waals surface area contributed by atoms with Gasteiger partial charge in [0.25, 0.3) is 5.91 Å². The Morgan fingerprint density at radius 2 is 2.03 bits per heavy atom. The van der Waals surface area contributed by atoms with Crippen LogP contribution in [0.15, 0.2) is 24.4 Å². The molecule has 8 nitrogen and oxygen atoms in total. The molecule has 0 saturated carbocycles. The topological polar surface area (TPSA) is 84.0 Å². The van der Waals surface area contributed by atoms with E-state index in [9.17, 15) is 9.59 Å². The first-order valence-corrected chi connectivity index (χ1v) is 11.6. The second-order valence-electron chi connectivity index (χ2n) is 9.08. The maximum atomic E-state index is 13.2. The van der Waals surface area contributed by atoms with E-state index < -0.39 is 0 Å². The lowest BCUT2D eigenvalue weighted by molar-refractivity contribution is -0.138. The predicted molar refractivity (Wildman–Crippen MR) is 122 cm³/mol. The fourth-order valence-electron chi connectivity index (χ4n) is 5.05. The third-order valence-corrected chi connectivity index (χ3v) is 7.02. The fourth-order valence-corrected chi connectivity index (χ4v) is 5.05. The molecule has 2 aromatic rings. The number of piperidine rings is 1. The normalized spacial score (nSPS) is 19.8. The minimum atomic E-state index is -0.168. The van der Waals surface area contributed by atoms with Crippen molar-refractivity contribution in [2.75, 3.05) is 26.9 Å². The van der Waals surface area contributed by atoms with Gasteiger partial charge in [0.05, 0.1) is 6.04 Å². The first-order chi connectivity index (χ1) is 16.0. The molecule has 33 heavy (non-hydrogen) atoms. The number of benzene rings is 1. The molecule has 1 aromatic heterocycles. The SMILES string of the molecule is Cc1ncc2c(c1CNC(=O)c1ccc3c(c1)OCO3)CCN(C(=O)[C@H]1CCCCN1C)C2. The van der Waals surface area contributed by atoms with Crippen LogP contribution in [0.3, 0.4) is 0 Å². The Hall–Kier alpha value is -3.13. The summed E-state index contributed by atoms with van der Waals surface area (Å²) in [4.78, 5) is 34.7. The molecule has 1 aromatic carbocycles. The maximum absolute atomic E-state index is 13.2. The molecule has 4 heterocycles. The third kappa shape index (κ3) is 4.27. The molecule has 1 fully saturated rings. The molecule has 0 spiro atoms. The van der Waals surface area contributed by atoms with Crippen molar-refractivity contribution in [2.24, 2.45) is 0 Å². The smallest absolute Gasteiger partial charge is 0.251 e. The van der Waals surface area contributed by atoms with Crippen molar-refractivity contribution in [3.63, 3.8) is 0 Å². The van der Waals surface area contributed by atoms with E-state index in [2.05, 4.69) is 15.2 Å². The van der Waals surface area contributed by atoms with Gasteiger partial charge in [-0.1, -0.05) is 6.42 Å². The molecule has 1 saturated heterocycles. The number of ether oxygens (including phenoxy) is 2. The highest BCUT2D eigenvalue weighted by Gasteiger charge is 2.32. The lowest BCUT2D eigenvalue weighted by Crippen LogP contribution is -2.50. The summed E-state index contributed by atoms with van der Waals surface area (Å²) >= 11 is 0. The van der Waals surface area contributed by atoms with Gasteiger partial charge in [-0.3, -0.25) is 19.5 Å². The number of pyridine rings is 1. The Labute approximate surface area is 193 Å². The number of hydrogen-bond donors (Lipinski definition) is 1. The molecule has 1 atom stereocenters. The van der Waals surface area contributed by atoms with E-state index in [4.69, 9.17) is 9.47 Å². The highest BCUT2D eigenvalue weighted by atomic mass is 16.7. The highest BCUT2D eigenvalue weighted by Crippen LogP contribution is 2.32. The van der Waals surface area contributed by atoms with Gasteiger partial charge in [-0.2, -0.15) is 0 Å². The summed E-state index contributed by atoms with van der Waals surface area (Å²) in [5.74, 6) is 1.30. The average Bonchev–Trinajstić information content (AvgIpc) is 3.31. The molecule has 0 bridgehead atoms. The van der Waals surface area contributed by atoms with E-state index in [0.717, 1.165) is 49.0 Å². The summed E-state index contributed by atoms with van der Waals surface area (Å²) in [6.07, 6.45) is 5.86. The van der Waals surface area contributed by atoms with E-state index in [0.29, 0.717) is 36.7 Å². The Balaban J connectivity index is 1.28. The molecule has 1 N–H and O–H groups in total. The van der Waals surface area contributed by atoms with Crippen LogP contribution in [0.1, 0.15) is 52.0 Å². The Morgan fingerprint density at radius 3 is 2.88 bits per heavy atom. The number of likely N-dealkylation sites (N-methyl/N-ethyl adjacent to an activating group) is 1. The van der Waals surface area contributed by atoms with Crippen molar-refractivity contribution >= 4 is 11.8 Å². The number of amides is 2. The van der Waals surface area contributed by atoms with E-state index in [1.54, 1.807) is 18.2 Å². The number of carbonyl (C=O) groups is 2. The van der Waals surface area contributed by atoms with Gasteiger partial charge in [-0.15, -0.1) is 0 Å². The number of likely N-dealkylation sites (tertiary alicyclic amines) is 1. The second-order valence-corrected chi connectivity index (χ2v) is 9.08. The molecule has 5 rings (SSSR count). The van der Waals surface area contributed by atoms with Crippen molar-refractivity contribution < 1.29 is 19.1 Å². The largest absolute Gasteiger partial charge is 0.454 e. The summed E-state index contributed by atoms with van der Waals surface area (Å²) in [5.41, 5.74) is 4.76. The van der Waals surface area contributed by atoms with Crippen LogP contribution in [-0.2, 0) is 24.3 Å². The first-order valence-electron chi connectivity index (χ1n) is 11.6. The summed E-state index contributed by atoms with van der Waals surface area (Å²) in [6, 6.07) is 5.18. The molecule has 2 amide bonds. The molecule has 174 valence electrons. The lowest BCUT2D eigenvalue weighted by atomic mass is 9.93. The summed E-state index contributed by atoms with van der Waals surface area (Å²) in [6.45, 7) is 4.80. The van der Waals surface area contributed by atoms with Gasteiger partial charge in [0.2, 0.25) is 12.7 Å². The van der Waals surface area contributed by atoms with Crippen molar-refractivity contribution in [1.29, 1.82) is 0 Å². The van der Waals surface area contributed by atoms with E-state index in [-0.39, 0.29) is 24.6 Å². The molecule has 3 aliphatic heterocycles. The van der Waals surface area contributed by atoms with Crippen LogP contribution in [-0.4, -0.2) is 59.6 Å². The van der Waals surface area contributed by atoms with Gasteiger partial charge < -0.3 is 19.7 Å². The number of rotatable bonds is 4. The van der Waals surface area contributed by atoms with Crippen LogP contribution in [0.2, 0.25) is 0 Å². The van der Waals surface area contributed by atoms with Crippen LogP contribution in [0.5, 0.6) is 11.5 Å². The summed E-state index contributed by atoms with van der Waals surface area (Å²) < 4.78 is 10.7. The summed E-state index contributed by atoms with van der Waals surface area (Å²) in [5, 5.41) is 3.03. The van der Waals surface area contributed by atoms with Gasteiger partial charge >= 0.3 is 0 Å². The van der Waals surface area contributed by atoms with Gasteiger partial charge in [0, 0.05) is 37.1 Å². The Morgan fingerprint density at radius 1 is 1.18 bits per heavy atom. The van der Waals surface area contributed by atoms with Crippen LogP contribution < -0.4 is 14.8 Å². The van der Waals surface area contributed by atoms with E-state index in [1.165, 1.54) is 5.56 Å². The minimum absolute atomic E-state index is 0.0147. The zero-order valence-electron chi connectivity index (χ0n) is 19.2. The monoisotopic (exact) mass is 450 g/mol. The second kappa shape index (κ2) is 9.02. The number of aromatic nitrogens is 1. The van der Waals surface area contributed by atoms with Crippen LogP contribution in [0.4, 0.5) is 0 Å². The van der Waals surface area contributed by atoms with Crippen molar-refractivity contribution in [1.82, 2.24) is 20.1 Å². The number of nitrogens with zero attached hydrogens (tertiary/aromatic N) is 3. The molecule has 0 aliphatic carbocycles. The third-order valence-electron chi connectivity index (χ3n) is 7.02. The van der Waals surface area contributed by atoms with E-state index in [1.807, 2.05) is 25.1 Å². The first kappa shape index (κ1) is 21.7. The average molecular weight is 451 g/mol. The quantitative estimate of drug-likeness (QED) is 0.770. The van der Waals surface area contributed by atoms with Gasteiger partial charge in [-0.25, -0.2) is 0 Å². The number of nitrogens with one attached hydrogen (secondary N) is 1. The van der Waals surface area contributed by atoms with E-state index >= 15 is 0 Å². The standard InChI is InChI=1S/C25H30N4O4/c1-16-20(13-27-24(30)17-6-7-22-23(11-17)33-15-32-22)19-8-10-29(14-18(19)12-26-16)25(31)21-5-3-4-9-28(21)2/h6-7,11-12,21H,3-5,8-10,13-15H2,1-2H3,(H,27,30)/t21-/m1/s1. The van der Waals surface area contributed by atoms with Gasteiger partial charge in [0.15, 0.2) is 11.5 Å². The van der Waals surface area contributed by atoms with Crippen LogP contribution in [0.25, 0.3) is 0 Å². The number of hydrogen-bond acceptors (Lipinski definition) is 6. The summed E-state index contributed by atoms with van der Waals surface area (Å²) in [7, 11) is 2.05. The van der Waals surface area contributed by atoms with Crippen LogP contribution in [0, 0.1) is 6.92 Å². The molecular formula is C25H30N4O4. The van der Waals surface area contributed by atoms with Crippen molar-refractivity contribution in [2.45, 2.75) is 51.7 Å². The molecule has 0 radical (unpaired) electrons. The van der Waals surface area contributed by atoms with Crippen molar-refractivity contribution in [3.8, 4) is 11.5 Å². The van der Waals surface area contributed by atoms with Gasteiger partial charge in [0.1, 0.15) is 0 Å². The Kier molecular flexibility index (Phi) is 5.93. The number of carbonyl (C=O) groups excluding carboxylic acids is 2. The lowest BCUT2D eigenvalue weighted by Gasteiger charge is -2.37. The number of aryl methyl sites for hydroxylation is 1. The zero-order chi connectivity index (χ0) is 22.9. The zero-order valence-corrected chi connectivity index (χ0v) is 19.2. The molecule has 0 unspecified atom stereocenters. The Bertz CT molecular complexity index is 1090. The fraction of sp³-hybridized carbons (Fsp3) is 0.480. The molecule has 3 aliphatic rings. The van der Waals surface area contributed by atoms with Crippen LogP contribution >= 0.6 is 0 Å². The number of fused-ring (bicyclic) bond motifs is 2. The molecular weight excluding hydrogens is 420 g/mol.